The van der Waals surface area contributed by atoms with Gasteiger partial charge in [-0.1, -0.05) is 64.5 Å². The van der Waals surface area contributed by atoms with Gasteiger partial charge in [-0.3, -0.25) is 5.43 Å². The minimum absolute atomic E-state index is 0.775. The number of thiazole rings is 1. The van der Waals surface area contributed by atoms with Gasteiger partial charge in [-0.2, -0.15) is 5.10 Å². The van der Waals surface area contributed by atoms with E-state index in [0.29, 0.717) is 0 Å². The molecule has 0 saturated carbocycles. The topological polar surface area (TPSA) is 37.3 Å². The SMILES string of the molecule is Brc1ccccc1/C=N\Nc1nc(-c2ccccc2)cs1. The summed E-state index contributed by atoms with van der Waals surface area (Å²) in [6, 6.07) is 18.0. The summed E-state index contributed by atoms with van der Waals surface area (Å²) in [6.07, 6.45) is 1.77. The zero-order valence-electron chi connectivity index (χ0n) is 11.0. The second-order valence-corrected chi connectivity index (χ2v) is 6.01. The Balaban J connectivity index is 1.70. The monoisotopic (exact) mass is 357 g/mol. The van der Waals surface area contributed by atoms with Crippen molar-refractivity contribution >= 4 is 38.6 Å². The van der Waals surface area contributed by atoms with Gasteiger partial charge in [0.25, 0.3) is 0 Å². The third-order valence-electron chi connectivity index (χ3n) is 2.84. The molecule has 1 N–H and O–H groups in total. The second-order valence-electron chi connectivity index (χ2n) is 4.30. The predicted molar refractivity (Wildman–Crippen MR) is 92.9 cm³/mol. The van der Waals surface area contributed by atoms with Gasteiger partial charge < -0.3 is 0 Å². The van der Waals surface area contributed by atoms with E-state index in [1.54, 1.807) is 6.21 Å². The first-order valence-corrected chi connectivity index (χ1v) is 8.05. The molecule has 0 unspecified atom stereocenters. The highest BCUT2D eigenvalue weighted by Crippen LogP contribution is 2.24. The lowest BCUT2D eigenvalue weighted by molar-refractivity contribution is 1.29. The fourth-order valence-corrected chi connectivity index (χ4v) is 2.86. The number of anilines is 1. The van der Waals surface area contributed by atoms with Crippen molar-refractivity contribution in [1.29, 1.82) is 0 Å². The van der Waals surface area contributed by atoms with Gasteiger partial charge in [0.2, 0.25) is 5.13 Å². The zero-order chi connectivity index (χ0) is 14.5. The Labute approximate surface area is 135 Å². The molecule has 2 aromatic carbocycles. The number of nitrogens with zero attached hydrogens (tertiary/aromatic N) is 2. The third-order valence-corrected chi connectivity index (χ3v) is 4.31. The maximum Gasteiger partial charge on any atom is 0.203 e. The van der Waals surface area contributed by atoms with Crippen LogP contribution in [0.25, 0.3) is 11.3 Å². The number of nitrogens with one attached hydrogen (secondary N) is 1. The van der Waals surface area contributed by atoms with Crippen LogP contribution in [-0.2, 0) is 0 Å². The van der Waals surface area contributed by atoms with Crippen LogP contribution >= 0.6 is 27.3 Å². The Bertz CT molecular complexity index is 753. The van der Waals surface area contributed by atoms with Gasteiger partial charge in [-0.25, -0.2) is 4.98 Å². The van der Waals surface area contributed by atoms with E-state index in [4.69, 9.17) is 0 Å². The van der Waals surface area contributed by atoms with E-state index in [1.165, 1.54) is 11.3 Å². The summed E-state index contributed by atoms with van der Waals surface area (Å²) in [5.41, 5.74) is 6.05. The van der Waals surface area contributed by atoms with Crippen LogP contribution < -0.4 is 5.43 Å². The van der Waals surface area contributed by atoms with Crippen molar-refractivity contribution in [2.75, 3.05) is 5.43 Å². The molecule has 0 radical (unpaired) electrons. The molecule has 0 aliphatic carbocycles. The molecule has 104 valence electrons. The Hall–Kier alpha value is -1.98. The standard InChI is InChI=1S/C16H12BrN3S/c17-14-9-5-4-8-13(14)10-18-20-16-19-15(11-21-16)12-6-2-1-3-7-12/h1-11H,(H,19,20)/b18-10-. The molecular formula is C16H12BrN3S. The van der Waals surface area contributed by atoms with Gasteiger partial charge >= 0.3 is 0 Å². The summed E-state index contributed by atoms with van der Waals surface area (Å²) in [7, 11) is 0. The van der Waals surface area contributed by atoms with Crippen LogP contribution in [0.15, 0.2) is 69.6 Å². The molecule has 0 atom stereocenters. The largest absolute Gasteiger partial charge is 0.253 e. The van der Waals surface area contributed by atoms with Gasteiger partial charge in [0, 0.05) is 21.0 Å². The van der Waals surface area contributed by atoms with E-state index in [-0.39, 0.29) is 0 Å². The van der Waals surface area contributed by atoms with Crippen LogP contribution in [0.2, 0.25) is 0 Å². The summed E-state index contributed by atoms with van der Waals surface area (Å²) in [6.45, 7) is 0. The molecular weight excluding hydrogens is 346 g/mol. The summed E-state index contributed by atoms with van der Waals surface area (Å²) < 4.78 is 1.01. The van der Waals surface area contributed by atoms with E-state index in [9.17, 15) is 0 Å². The minimum atomic E-state index is 0.775. The number of hydrazone groups is 1. The Kier molecular flexibility index (Phi) is 4.43. The zero-order valence-corrected chi connectivity index (χ0v) is 13.4. The van der Waals surface area contributed by atoms with Gasteiger partial charge in [-0.15, -0.1) is 11.3 Å². The van der Waals surface area contributed by atoms with Crippen molar-refractivity contribution in [1.82, 2.24) is 4.98 Å². The van der Waals surface area contributed by atoms with E-state index < -0.39 is 0 Å². The second kappa shape index (κ2) is 6.65. The molecule has 3 nitrogen and oxygen atoms in total. The van der Waals surface area contributed by atoms with Gasteiger partial charge in [0.05, 0.1) is 11.9 Å². The lowest BCUT2D eigenvalue weighted by Crippen LogP contribution is -1.90. The lowest BCUT2D eigenvalue weighted by Gasteiger charge is -1.97. The molecule has 0 amide bonds. The fourth-order valence-electron chi connectivity index (χ4n) is 1.80. The number of halogens is 1. The van der Waals surface area contributed by atoms with Crippen LogP contribution in [0, 0.1) is 0 Å². The summed E-state index contributed by atoms with van der Waals surface area (Å²) in [5, 5.41) is 7.02. The molecule has 3 rings (SSSR count). The first kappa shape index (κ1) is 14.0. The van der Waals surface area contributed by atoms with Crippen LogP contribution in [0.5, 0.6) is 0 Å². The Morgan fingerprint density at radius 1 is 1.05 bits per heavy atom. The molecule has 3 aromatic rings. The van der Waals surface area contributed by atoms with Crippen molar-refractivity contribution < 1.29 is 0 Å². The number of hydrogen-bond donors (Lipinski definition) is 1. The molecule has 0 fully saturated rings. The molecule has 1 heterocycles. The van der Waals surface area contributed by atoms with Crippen LogP contribution in [0.1, 0.15) is 5.56 Å². The van der Waals surface area contributed by atoms with Crippen LogP contribution in [0.4, 0.5) is 5.13 Å². The van der Waals surface area contributed by atoms with Crippen molar-refractivity contribution in [3.05, 3.63) is 70.0 Å². The third kappa shape index (κ3) is 3.56. The average molecular weight is 358 g/mol. The highest BCUT2D eigenvalue weighted by Gasteiger charge is 2.02. The molecule has 21 heavy (non-hydrogen) atoms. The highest BCUT2D eigenvalue weighted by atomic mass is 79.9. The molecule has 0 bridgehead atoms. The number of benzene rings is 2. The number of rotatable bonds is 4. The molecule has 5 heteroatoms. The van der Waals surface area contributed by atoms with Crippen LogP contribution in [0.3, 0.4) is 0 Å². The lowest BCUT2D eigenvalue weighted by atomic mass is 10.2. The van der Waals surface area contributed by atoms with Gasteiger partial charge in [-0.05, 0) is 6.07 Å². The van der Waals surface area contributed by atoms with Crippen molar-refractivity contribution in [3.8, 4) is 11.3 Å². The highest BCUT2D eigenvalue weighted by molar-refractivity contribution is 9.10. The van der Waals surface area contributed by atoms with Gasteiger partial charge in [0.15, 0.2) is 0 Å². The summed E-state index contributed by atoms with van der Waals surface area (Å²) in [5.74, 6) is 0. The van der Waals surface area contributed by atoms with E-state index in [0.717, 1.165) is 26.4 Å². The van der Waals surface area contributed by atoms with E-state index in [1.807, 2.05) is 60.0 Å². The fraction of sp³-hybridized carbons (Fsp3) is 0. The normalized spacial score (nSPS) is 10.9. The Morgan fingerprint density at radius 2 is 1.81 bits per heavy atom. The minimum Gasteiger partial charge on any atom is -0.253 e. The van der Waals surface area contributed by atoms with E-state index in [2.05, 4.69) is 31.4 Å². The predicted octanol–water partition coefficient (Wildman–Crippen LogP) is 5.02. The molecule has 0 saturated heterocycles. The first-order valence-electron chi connectivity index (χ1n) is 6.37. The van der Waals surface area contributed by atoms with Crippen molar-refractivity contribution in [2.45, 2.75) is 0 Å². The van der Waals surface area contributed by atoms with Crippen LogP contribution in [-0.4, -0.2) is 11.2 Å². The van der Waals surface area contributed by atoms with E-state index >= 15 is 0 Å². The molecule has 0 aliphatic heterocycles. The summed E-state index contributed by atoms with van der Waals surface area (Å²) in [4.78, 5) is 4.52. The summed E-state index contributed by atoms with van der Waals surface area (Å²) >= 11 is 5.02. The smallest absolute Gasteiger partial charge is 0.203 e. The average Bonchev–Trinajstić information content (AvgIpc) is 2.99. The molecule has 1 aromatic heterocycles. The number of aromatic nitrogens is 1. The van der Waals surface area contributed by atoms with Crippen molar-refractivity contribution in [2.24, 2.45) is 5.10 Å². The quantitative estimate of drug-likeness (QED) is 0.525. The maximum atomic E-state index is 4.52. The first-order chi connectivity index (χ1) is 10.3. The maximum absolute atomic E-state index is 4.52. The molecule has 0 spiro atoms. The van der Waals surface area contributed by atoms with Crippen molar-refractivity contribution in [3.63, 3.8) is 0 Å². The number of hydrogen-bond acceptors (Lipinski definition) is 4. The van der Waals surface area contributed by atoms with Gasteiger partial charge in [0.1, 0.15) is 0 Å². The Morgan fingerprint density at radius 3 is 2.62 bits per heavy atom. The molecule has 0 aliphatic rings.